The molecular weight excluding hydrogens is 390 g/mol. The molecule has 0 saturated carbocycles. The fourth-order valence-electron chi connectivity index (χ4n) is 3.15. The van der Waals surface area contributed by atoms with Crippen molar-refractivity contribution in [2.45, 2.75) is 0 Å². The second kappa shape index (κ2) is 5.93. The van der Waals surface area contributed by atoms with Crippen LogP contribution in [0.3, 0.4) is 0 Å². The maximum absolute atomic E-state index is 6.25. The van der Waals surface area contributed by atoms with Gasteiger partial charge in [0.1, 0.15) is 0 Å². The van der Waals surface area contributed by atoms with E-state index in [2.05, 4.69) is 15.0 Å². The first-order valence-corrected chi connectivity index (χ1v) is 9.92. The van der Waals surface area contributed by atoms with E-state index in [0.717, 1.165) is 56.7 Å². The molecule has 27 heavy (non-hydrogen) atoms. The Morgan fingerprint density at radius 3 is 1.89 bits per heavy atom. The monoisotopic (exact) mass is 401 g/mol. The minimum atomic E-state index is 0.481. The zero-order chi connectivity index (χ0) is 18.5. The molecule has 6 nitrogen and oxygen atoms in total. The molecule has 5 aliphatic heterocycles. The number of nitrogens with two attached hydrogens (primary N) is 2. The van der Waals surface area contributed by atoms with Crippen molar-refractivity contribution in [3.05, 3.63) is 93.0 Å². The molecule has 4 N–H and O–H groups in total. The fourth-order valence-corrected chi connectivity index (χ4v) is 4.13. The van der Waals surface area contributed by atoms with Gasteiger partial charge >= 0.3 is 166 Å². The van der Waals surface area contributed by atoms with Crippen LogP contribution in [0.2, 0.25) is 0 Å². The Balaban J connectivity index is 1.72. The van der Waals surface area contributed by atoms with Gasteiger partial charge in [-0.1, -0.05) is 0 Å². The van der Waals surface area contributed by atoms with E-state index in [1.807, 2.05) is 54.7 Å². The van der Waals surface area contributed by atoms with E-state index < -0.39 is 0 Å². The molecule has 0 unspecified atom stereocenters. The standard InChI is InChI=1S/C20H13N6.Zn/c21-19-17-9-15-5-3-13(24-15)7-11-1-2-12(23-11)8-14-4-6-16(25-14)10-18(26-17)20(19)22;/h1-9H,21-22H2;. The van der Waals surface area contributed by atoms with E-state index in [9.17, 15) is 0 Å². The summed E-state index contributed by atoms with van der Waals surface area (Å²) < 4.78 is 1.01. The van der Waals surface area contributed by atoms with Crippen LogP contribution in [0.4, 0.5) is 0 Å². The van der Waals surface area contributed by atoms with Crippen LogP contribution < -0.4 is 11.5 Å². The van der Waals surface area contributed by atoms with E-state index in [1.165, 1.54) is 0 Å². The molecule has 0 fully saturated rings. The zero-order valence-electron chi connectivity index (χ0n) is 14.3. The van der Waals surface area contributed by atoms with E-state index in [-0.39, 0.29) is 0 Å². The molecule has 8 bridgehead atoms. The molecule has 0 aromatic rings. The summed E-state index contributed by atoms with van der Waals surface area (Å²) in [6.07, 6.45) is 17.5. The number of aliphatic imine (C=N–C) groups is 4. The molecule has 0 saturated heterocycles. The first-order chi connectivity index (χ1) is 13.1. The second-order valence-electron chi connectivity index (χ2n) is 6.43. The van der Waals surface area contributed by atoms with Gasteiger partial charge in [0.15, 0.2) is 0 Å². The van der Waals surface area contributed by atoms with E-state index in [1.54, 1.807) is 0 Å². The second-order valence-corrected chi connectivity index (χ2v) is 7.91. The Kier molecular flexibility index (Phi) is 3.52. The van der Waals surface area contributed by atoms with E-state index >= 15 is 0 Å². The third-order valence-electron chi connectivity index (χ3n) is 4.55. The Morgan fingerprint density at radius 1 is 0.593 bits per heavy atom. The molecule has 0 aromatic heterocycles. The van der Waals surface area contributed by atoms with Gasteiger partial charge in [-0.05, 0) is 0 Å². The molecule has 0 spiro atoms. The molecule has 5 aliphatic rings. The summed E-state index contributed by atoms with van der Waals surface area (Å²) in [6.45, 7) is 0. The van der Waals surface area contributed by atoms with Gasteiger partial charge in [-0.3, -0.25) is 0 Å². The van der Waals surface area contributed by atoms with Crippen LogP contribution in [-0.2, 0) is 18.3 Å². The molecule has 0 atom stereocenters. The molecule has 0 aliphatic carbocycles. The number of hydrogen-bond donors (Lipinski definition) is 2. The van der Waals surface area contributed by atoms with Gasteiger partial charge in [-0.2, -0.15) is 0 Å². The Bertz CT molecular complexity index is 1170. The van der Waals surface area contributed by atoms with Crippen LogP contribution in [0.15, 0.2) is 113 Å². The van der Waals surface area contributed by atoms with Gasteiger partial charge < -0.3 is 0 Å². The van der Waals surface area contributed by atoms with E-state index in [4.69, 9.17) is 16.5 Å². The summed E-state index contributed by atoms with van der Waals surface area (Å²) in [6, 6.07) is 0. The van der Waals surface area contributed by atoms with Gasteiger partial charge in [0.25, 0.3) is 0 Å². The van der Waals surface area contributed by atoms with Crippen LogP contribution in [0, 0.1) is 0 Å². The first kappa shape index (κ1) is 16.0. The van der Waals surface area contributed by atoms with Crippen molar-refractivity contribution >= 4 is 22.8 Å². The van der Waals surface area contributed by atoms with Crippen molar-refractivity contribution in [3.63, 3.8) is 0 Å². The summed E-state index contributed by atoms with van der Waals surface area (Å²) in [7, 11) is 0. The van der Waals surface area contributed by atoms with Crippen LogP contribution in [0.25, 0.3) is 0 Å². The molecule has 0 aromatic carbocycles. The quantitative estimate of drug-likeness (QED) is 0.606. The van der Waals surface area contributed by atoms with Gasteiger partial charge in [0, 0.05) is 0 Å². The molecule has 7 heteroatoms. The predicted molar refractivity (Wildman–Crippen MR) is 104 cm³/mol. The predicted octanol–water partition coefficient (Wildman–Crippen LogP) is 2.03. The van der Waals surface area contributed by atoms with Crippen LogP contribution in [0.5, 0.6) is 0 Å². The van der Waals surface area contributed by atoms with Gasteiger partial charge in [-0.25, -0.2) is 0 Å². The molecule has 0 radical (unpaired) electrons. The number of hydrogen-bond acceptors (Lipinski definition) is 6. The molecule has 5 heterocycles. The summed E-state index contributed by atoms with van der Waals surface area (Å²) >= 11 is 0.864. The topological polar surface area (TPSA) is 101 Å². The average molecular weight is 403 g/mol. The Labute approximate surface area is 165 Å². The minimum absolute atomic E-state index is 0.481. The van der Waals surface area contributed by atoms with Crippen molar-refractivity contribution in [2.24, 2.45) is 31.4 Å². The van der Waals surface area contributed by atoms with E-state index in [0.29, 0.717) is 22.8 Å². The summed E-state index contributed by atoms with van der Waals surface area (Å²) in [5.74, 6) is 0. The first-order valence-electron chi connectivity index (χ1n) is 8.43. The number of nitrogens with zero attached hydrogens (tertiary/aromatic N) is 4. The maximum atomic E-state index is 6.25. The molecular formula is C20H13N6Zn. The molecule has 0 amide bonds. The third-order valence-corrected chi connectivity index (χ3v) is 6.01. The van der Waals surface area contributed by atoms with Crippen molar-refractivity contribution in [1.29, 1.82) is 0 Å². The third kappa shape index (κ3) is 2.77. The molecule has 5 rings (SSSR count). The Hall–Kier alpha value is -3.18. The van der Waals surface area contributed by atoms with Crippen molar-refractivity contribution in [1.82, 2.24) is 0 Å². The van der Waals surface area contributed by atoms with Crippen molar-refractivity contribution < 1.29 is 18.3 Å². The van der Waals surface area contributed by atoms with Crippen LogP contribution >= 0.6 is 0 Å². The normalized spacial score (nSPS) is 22.7. The average Bonchev–Trinajstić information content (AvgIpc) is 3.42. The van der Waals surface area contributed by atoms with Gasteiger partial charge in [0.05, 0.1) is 0 Å². The Morgan fingerprint density at radius 2 is 1.19 bits per heavy atom. The number of fused-ring (bicyclic) bond motifs is 4. The van der Waals surface area contributed by atoms with Crippen LogP contribution in [-0.4, -0.2) is 22.8 Å². The fraction of sp³-hybridized carbons (Fsp3) is 0. The van der Waals surface area contributed by atoms with Gasteiger partial charge in [0.2, 0.25) is 0 Å². The summed E-state index contributed by atoms with van der Waals surface area (Å²) in [5.41, 5.74) is 19.9. The van der Waals surface area contributed by atoms with Crippen LogP contribution in [0.1, 0.15) is 0 Å². The summed E-state index contributed by atoms with van der Waals surface area (Å²) in [5, 5.41) is 0. The number of allylic oxidation sites excluding steroid dienone is 10. The van der Waals surface area contributed by atoms with Crippen molar-refractivity contribution in [2.75, 3.05) is 0 Å². The zero-order valence-corrected chi connectivity index (χ0v) is 17.3. The SMILES string of the molecule is NC1=C(N)C2=[C]([Zn])C3=NC(=CC4=NC(=CC5=NC(=CC1=N2)C=C5)C=C4)C=C3. The molecule has 125 valence electrons. The number of rotatable bonds is 0. The van der Waals surface area contributed by atoms with Crippen molar-refractivity contribution in [3.8, 4) is 0 Å². The summed E-state index contributed by atoms with van der Waals surface area (Å²) in [4.78, 5) is 18.6. The van der Waals surface area contributed by atoms with Gasteiger partial charge in [-0.15, -0.1) is 0 Å².